The van der Waals surface area contributed by atoms with E-state index in [2.05, 4.69) is 9.71 Å². The van der Waals surface area contributed by atoms with Crippen molar-refractivity contribution in [2.45, 2.75) is 39.0 Å². The number of thiocarbonyl (C=S) groups is 1. The summed E-state index contributed by atoms with van der Waals surface area (Å²) in [6.45, 7) is 5.27. The fourth-order valence-corrected chi connectivity index (χ4v) is 3.27. The fraction of sp³-hybridized carbons (Fsp3) is 0.600. The molecular formula is C10H17N3O3S2. The van der Waals surface area contributed by atoms with Gasteiger partial charge in [-0.1, -0.05) is 19.1 Å². The summed E-state index contributed by atoms with van der Waals surface area (Å²) in [7, 11) is -3.59. The number of hydrogen-bond donors (Lipinski definition) is 2. The minimum absolute atomic E-state index is 0.00384. The van der Waals surface area contributed by atoms with Crippen molar-refractivity contribution in [3.05, 3.63) is 17.3 Å². The molecule has 0 aliphatic carbocycles. The molecule has 3 N–H and O–H groups in total. The first kappa shape index (κ1) is 15.1. The zero-order valence-corrected chi connectivity index (χ0v) is 12.2. The van der Waals surface area contributed by atoms with Crippen LogP contribution in [0.1, 0.15) is 30.7 Å². The third-order valence-corrected chi connectivity index (χ3v) is 4.88. The Bertz CT molecular complexity index is 517. The Morgan fingerprint density at radius 3 is 2.56 bits per heavy atom. The van der Waals surface area contributed by atoms with Crippen LogP contribution in [0.3, 0.4) is 0 Å². The molecule has 0 aliphatic heterocycles. The van der Waals surface area contributed by atoms with Crippen molar-refractivity contribution >= 4 is 27.2 Å². The van der Waals surface area contributed by atoms with Crippen LogP contribution in [0.2, 0.25) is 0 Å². The molecule has 6 nitrogen and oxygen atoms in total. The van der Waals surface area contributed by atoms with E-state index >= 15 is 0 Å². The Hall–Kier alpha value is -0.990. The van der Waals surface area contributed by atoms with Crippen LogP contribution < -0.4 is 10.5 Å². The van der Waals surface area contributed by atoms with Gasteiger partial charge in [-0.05, 0) is 20.3 Å². The lowest BCUT2D eigenvalue weighted by molar-refractivity contribution is 0.462. The Morgan fingerprint density at radius 2 is 2.17 bits per heavy atom. The molecule has 1 rings (SSSR count). The lowest BCUT2D eigenvalue weighted by Gasteiger charge is -2.14. The zero-order chi connectivity index (χ0) is 13.9. The Balaban J connectivity index is 2.75. The van der Waals surface area contributed by atoms with Gasteiger partial charge in [0, 0.05) is 0 Å². The molecule has 0 saturated carbocycles. The van der Waals surface area contributed by atoms with Gasteiger partial charge in [0.1, 0.15) is 11.0 Å². The molecule has 0 saturated heterocycles. The number of hydrogen-bond acceptors (Lipinski definition) is 5. The summed E-state index contributed by atoms with van der Waals surface area (Å²) in [5.41, 5.74) is 6.15. The third-order valence-electron chi connectivity index (χ3n) is 2.56. The van der Waals surface area contributed by atoms with Crippen LogP contribution in [0, 0.1) is 13.8 Å². The van der Waals surface area contributed by atoms with E-state index in [-0.39, 0.29) is 11.5 Å². The van der Waals surface area contributed by atoms with Gasteiger partial charge in [0.25, 0.3) is 0 Å². The van der Waals surface area contributed by atoms with Crippen molar-refractivity contribution in [1.29, 1.82) is 0 Å². The molecule has 8 heteroatoms. The van der Waals surface area contributed by atoms with Crippen LogP contribution in [0.15, 0.2) is 4.42 Å². The highest BCUT2D eigenvalue weighted by atomic mass is 32.2. The van der Waals surface area contributed by atoms with Crippen LogP contribution in [0.5, 0.6) is 0 Å². The Labute approximate surface area is 112 Å². The molecule has 0 bridgehead atoms. The topological polar surface area (TPSA) is 98.2 Å². The van der Waals surface area contributed by atoms with Crippen LogP contribution in [0.4, 0.5) is 0 Å². The van der Waals surface area contributed by atoms with E-state index in [9.17, 15) is 8.42 Å². The first-order valence-corrected chi connectivity index (χ1v) is 7.44. The van der Waals surface area contributed by atoms with Gasteiger partial charge in [-0.2, -0.15) is 0 Å². The molecule has 1 unspecified atom stereocenters. The molecule has 0 spiro atoms. The highest BCUT2D eigenvalue weighted by Crippen LogP contribution is 2.10. The molecule has 1 atom stereocenters. The molecule has 1 aromatic rings. The maximum Gasteiger partial charge on any atom is 0.221 e. The van der Waals surface area contributed by atoms with Gasteiger partial charge in [-0.25, -0.2) is 18.1 Å². The summed E-state index contributed by atoms with van der Waals surface area (Å²) in [5.74, 6) is 0.997. The monoisotopic (exact) mass is 291 g/mol. The van der Waals surface area contributed by atoms with Crippen LogP contribution >= 0.6 is 12.2 Å². The van der Waals surface area contributed by atoms with Gasteiger partial charge in [0.05, 0.1) is 17.2 Å². The van der Waals surface area contributed by atoms with E-state index in [4.69, 9.17) is 22.4 Å². The summed E-state index contributed by atoms with van der Waals surface area (Å²) in [4.78, 5) is 4.05. The minimum Gasteiger partial charge on any atom is -0.444 e. The summed E-state index contributed by atoms with van der Waals surface area (Å²) >= 11 is 4.74. The maximum atomic E-state index is 11.9. The van der Waals surface area contributed by atoms with Gasteiger partial charge in [-0.3, -0.25) is 0 Å². The quantitative estimate of drug-likeness (QED) is 0.751. The van der Waals surface area contributed by atoms with Gasteiger partial charge >= 0.3 is 0 Å². The second kappa shape index (κ2) is 5.77. The molecule has 0 amide bonds. The number of nitrogens with two attached hydrogens (primary N) is 1. The molecule has 1 aromatic heterocycles. The molecule has 0 aromatic carbocycles. The number of oxazole rings is 1. The minimum atomic E-state index is -3.59. The first-order valence-electron chi connectivity index (χ1n) is 5.48. The number of aryl methyl sites for hydroxylation is 2. The predicted molar refractivity (Wildman–Crippen MR) is 72.6 cm³/mol. The van der Waals surface area contributed by atoms with E-state index in [1.54, 1.807) is 20.8 Å². The van der Waals surface area contributed by atoms with E-state index in [0.29, 0.717) is 18.1 Å². The highest BCUT2D eigenvalue weighted by molar-refractivity contribution is 7.93. The summed E-state index contributed by atoms with van der Waals surface area (Å²) < 4.78 is 31.5. The van der Waals surface area contributed by atoms with Gasteiger partial charge < -0.3 is 10.2 Å². The SMILES string of the molecule is CCC(C(N)=S)S(=O)(=O)NCc1nc(C)c(C)o1. The lowest BCUT2D eigenvalue weighted by Crippen LogP contribution is -2.41. The molecule has 0 radical (unpaired) electrons. The Kier molecular flexibility index (Phi) is 4.83. The second-order valence-electron chi connectivity index (χ2n) is 3.91. The average molecular weight is 291 g/mol. The largest absolute Gasteiger partial charge is 0.444 e. The van der Waals surface area contributed by atoms with Crippen molar-refractivity contribution in [2.24, 2.45) is 5.73 Å². The van der Waals surface area contributed by atoms with Crippen molar-refractivity contribution in [3.8, 4) is 0 Å². The fourth-order valence-electron chi connectivity index (χ4n) is 1.45. The highest BCUT2D eigenvalue weighted by Gasteiger charge is 2.26. The normalized spacial score (nSPS) is 13.5. The number of aromatic nitrogens is 1. The average Bonchev–Trinajstić information content (AvgIpc) is 2.56. The zero-order valence-electron chi connectivity index (χ0n) is 10.6. The Morgan fingerprint density at radius 1 is 1.56 bits per heavy atom. The predicted octanol–water partition coefficient (Wildman–Crippen LogP) is 0.776. The lowest BCUT2D eigenvalue weighted by atomic mass is 10.3. The molecule has 1 heterocycles. The summed E-state index contributed by atoms with van der Waals surface area (Å²) in [6, 6.07) is 0. The summed E-state index contributed by atoms with van der Waals surface area (Å²) in [6.07, 6.45) is 0.328. The standard InChI is InChI=1S/C10H17N3O3S2/c1-4-8(10(11)17)18(14,15)12-5-9-13-6(2)7(3)16-9/h8,12H,4-5H2,1-3H3,(H2,11,17). The number of nitrogens with zero attached hydrogens (tertiary/aromatic N) is 1. The molecule has 0 fully saturated rings. The van der Waals surface area contributed by atoms with Crippen LogP contribution in [-0.4, -0.2) is 23.6 Å². The molecule has 102 valence electrons. The van der Waals surface area contributed by atoms with Crippen LogP contribution in [0.25, 0.3) is 0 Å². The number of rotatable bonds is 6. The van der Waals surface area contributed by atoms with Crippen LogP contribution in [-0.2, 0) is 16.6 Å². The van der Waals surface area contributed by atoms with Crippen molar-refractivity contribution in [1.82, 2.24) is 9.71 Å². The van der Waals surface area contributed by atoms with Crippen molar-refractivity contribution in [2.75, 3.05) is 0 Å². The smallest absolute Gasteiger partial charge is 0.221 e. The molecule has 0 aliphatic rings. The third kappa shape index (κ3) is 3.50. The van der Waals surface area contributed by atoms with Crippen molar-refractivity contribution in [3.63, 3.8) is 0 Å². The van der Waals surface area contributed by atoms with E-state index in [0.717, 1.165) is 5.69 Å². The van der Waals surface area contributed by atoms with Crippen molar-refractivity contribution < 1.29 is 12.8 Å². The maximum absolute atomic E-state index is 11.9. The van der Waals surface area contributed by atoms with E-state index < -0.39 is 15.3 Å². The van der Waals surface area contributed by atoms with Gasteiger partial charge in [0.2, 0.25) is 15.9 Å². The first-order chi connectivity index (χ1) is 8.27. The molecular weight excluding hydrogens is 274 g/mol. The second-order valence-corrected chi connectivity index (χ2v) is 6.33. The number of sulfonamides is 1. The summed E-state index contributed by atoms with van der Waals surface area (Å²) in [5, 5.41) is -0.871. The molecule has 18 heavy (non-hydrogen) atoms. The van der Waals surface area contributed by atoms with E-state index in [1.165, 1.54) is 0 Å². The number of nitrogens with one attached hydrogen (secondary N) is 1. The van der Waals surface area contributed by atoms with Gasteiger partial charge in [0.15, 0.2) is 0 Å². The van der Waals surface area contributed by atoms with Gasteiger partial charge in [-0.15, -0.1) is 0 Å². The van der Waals surface area contributed by atoms with E-state index in [1.807, 2.05) is 0 Å².